The van der Waals surface area contributed by atoms with Crippen molar-refractivity contribution in [2.24, 2.45) is 0 Å². The molecule has 1 N–H and O–H groups in total. The summed E-state index contributed by atoms with van der Waals surface area (Å²) in [5, 5.41) is 12.2. The van der Waals surface area contributed by atoms with Crippen LogP contribution < -0.4 is 15.8 Å². The number of piperazine rings is 1. The number of aromatic nitrogens is 2. The van der Waals surface area contributed by atoms with Gasteiger partial charge in [0.05, 0.1) is 5.56 Å². The zero-order valence-corrected chi connectivity index (χ0v) is 19.8. The van der Waals surface area contributed by atoms with Crippen molar-refractivity contribution in [1.29, 1.82) is 5.26 Å². The quantitative estimate of drug-likeness (QED) is 0.325. The molecule has 1 aliphatic rings. The van der Waals surface area contributed by atoms with Gasteiger partial charge in [-0.15, -0.1) is 6.58 Å². The maximum Gasteiger partial charge on any atom is 0.267 e. The first-order valence-electron chi connectivity index (χ1n) is 11.6. The standard InChI is InChI=1S/C27H28N6O2/c1-3-11-29-26(34)22(18-28)17-23-25(30-24-20(2)8-7-12-33(24)27(23)35)32-15-13-31(14-16-32)19-21-9-5-4-6-10-21/h3-10,12,17H,1,11,13-16,19H2,2H3,(H,29,34). The van der Waals surface area contributed by atoms with E-state index in [0.717, 1.165) is 25.2 Å². The molecule has 35 heavy (non-hydrogen) atoms. The molecule has 8 heteroatoms. The Morgan fingerprint density at radius 1 is 1.17 bits per heavy atom. The van der Waals surface area contributed by atoms with Crippen molar-refractivity contribution < 1.29 is 4.79 Å². The first-order chi connectivity index (χ1) is 17.0. The molecule has 0 unspecified atom stereocenters. The predicted molar refractivity (Wildman–Crippen MR) is 137 cm³/mol. The van der Waals surface area contributed by atoms with E-state index in [1.807, 2.05) is 37.3 Å². The number of aryl methyl sites for hydroxylation is 1. The largest absolute Gasteiger partial charge is 0.353 e. The van der Waals surface area contributed by atoms with Crippen molar-refractivity contribution in [3.8, 4) is 6.07 Å². The molecule has 4 rings (SSSR count). The second-order valence-electron chi connectivity index (χ2n) is 8.46. The third-order valence-corrected chi connectivity index (χ3v) is 6.05. The monoisotopic (exact) mass is 468 g/mol. The lowest BCUT2D eigenvalue weighted by atomic mass is 10.1. The Labute approximate surface area is 204 Å². The lowest BCUT2D eigenvalue weighted by Crippen LogP contribution is -2.47. The number of nitrogens with one attached hydrogen (secondary N) is 1. The molecular formula is C27H28N6O2. The first-order valence-corrected chi connectivity index (χ1v) is 11.6. The number of carbonyl (C=O) groups is 1. The van der Waals surface area contributed by atoms with Crippen LogP contribution in [0.25, 0.3) is 11.7 Å². The van der Waals surface area contributed by atoms with Crippen molar-refractivity contribution >= 4 is 23.4 Å². The Kier molecular flexibility index (Phi) is 7.38. The minimum Gasteiger partial charge on any atom is -0.353 e. The Bertz CT molecular complexity index is 1360. The van der Waals surface area contributed by atoms with Gasteiger partial charge >= 0.3 is 0 Å². The van der Waals surface area contributed by atoms with E-state index < -0.39 is 5.91 Å². The minimum absolute atomic E-state index is 0.151. The van der Waals surface area contributed by atoms with Gasteiger partial charge in [0, 0.05) is 45.5 Å². The third kappa shape index (κ3) is 5.31. The maximum absolute atomic E-state index is 13.5. The van der Waals surface area contributed by atoms with Crippen molar-refractivity contribution in [2.45, 2.75) is 13.5 Å². The average molecular weight is 469 g/mol. The van der Waals surface area contributed by atoms with Crippen molar-refractivity contribution in [1.82, 2.24) is 19.6 Å². The molecule has 0 radical (unpaired) electrons. The topological polar surface area (TPSA) is 93.7 Å². The SMILES string of the molecule is C=CCNC(=O)C(C#N)=Cc1c(N2CCN(Cc3ccccc3)CC2)nc2c(C)cccn2c1=O. The van der Waals surface area contributed by atoms with Crippen LogP contribution in [-0.4, -0.2) is 52.9 Å². The number of fused-ring (bicyclic) bond motifs is 1. The van der Waals surface area contributed by atoms with Gasteiger partial charge in [-0.2, -0.15) is 5.26 Å². The van der Waals surface area contributed by atoms with Gasteiger partial charge in [-0.1, -0.05) is 42.5 Å². The average Bonchev–Trinajstić information content (AvgIpc) is 2.88. The fourth-order valence-corrected chi connectivity index (χ4v) is 4.18. The van der Waals surface area contributed by atoms with Crippen LogP contribution in [0.2, 0.25) is 0 Å². The molecular weight excluding hydrogens is 440 g/mol. The maximum atomic E-state index is 13.5. The van der Waals surface area contributed by atoms with Crippen LogP contribution in [0.1, 0.15) is 16.7 Å². The zero-order chi connectivity index (χ0) is 24.8. The van der Waals surface area contributed by atoms with Gasteiger partial charge in [-0.3, -0.25) is 18.9 Å². The lowest BCUT2D eigenvalue weighted by Gasteiger charge is -2.36. The van der Waals surface area contributed by atoms with Crippen molar-refractivity contribution in [2.75, 3.05) is 37.6 Å². The summed E-state index contributed by atoms with van der Waals surface area (Å²) in [7, 11) is 0. The highest BCUT2D eigenvalue weighted by Gasteiger charge is 2.24. The summed E-state index contributed by atoms with van der Waals surface area (Å²) in [5.41, 5.74) is 2.45. The van der Waals surface area contributed by atoms with Crippen LogP contribution in [0.15, 0.2) is 71.7 Å². The number of benzene rings is 1. The zero-order valence-electron chi connectivity index (χ0n) is 19.8. The van der Waals surface area contributed by atoms with Crippen LogP contribution in [0, 0.1) is 18.3 Å². The van der Waals surface area contributed by atoms with Gasteiger partial charge in [-0.05, 0) is 30.2 Å². The number of nitriles is 1. The van der Waals surface area contributed by atoms with E-state index >= 15 is 0 Å². The van der Waals surface area contributed by atoms with Crippen LogP contribution in [-0.2, 0) is 11.3 Å². The van der Waals surface area contributed by atoms with Gasteiger partial charge < -0.3 is 10.2 Å². The summed E-state index contributed by atoms with van der Waals surface area (Å²) in [6, 6.07) is 15.9. The fraction of sp³-hybridized carbons (Fsp3) is 0.259. The Morgan fingerprint density at radius 2 is 1.91 bits per heavy atom. The van der Waals surface area contributed by atoms with E-state index in [0.29, 0.717) is 24.6 Å². The minimum atomic E-state index is -0.556. The van der Waals surface area contributed by atoms with Crippen molar-refractivity contribution in [3.63, 3.8) is 0 Å². The predicted octanol–water partition coefficient (Wildman–Crippen LogP) is 2.53. The molecule has 8 nitrogen and oxygen atoms in total. The Balaban J connectivity index is 1.70. The van der Waals surface area contributed by atoms with E-state index in [4.69, 9.17) is 4.98 Å². The van der Waals surface area contributed by atoms with E-state index in [-0.39, 0.29) is 23.2 Å². The van der Waals surface area contributed by atoms with Crippen LogP contribution in [0.5, 0.6) is 0 Å². The Morgan fingerprint density at radius 3 is 2.60 bits per heavy atom. The number of pyridine rings is 1. The summed E-state index contributed by atoms with van der Waals surface area (Å²) >= 11 is 0. The summed E-state index contributed by atoms with van der Waals surface area (Å²) in [5.74, 6) is -0.0623. The molecule has 1 saturated heterocycles. The van der Waals surface area contributed by atoms with E-state index in [9.17, 15) is 14.9 Å². The highest BCUT2D eigenvalue weighted by Crippen LogP contribution is 2.22. The number of carbonyl (C=O) groups excluding carboxylic acids is 1. The van der Waals surface area contributed by atoms with Gasteiger partial charge in [0.2, 0.25) is 0 Å². The van der Waals surface area contributed by atoms with E-state index in [1.54, 1.807) is 12.3 Å². The third-order valence-electron chi connectivity index (χ3n) is 6.05. The fourth-order valence-electron chi connectivity index (χ4n) is 4.18. The number of amides is 1. The van der Waals surface area contributed by atoms with Crippen LogP contribution in [0.4, 0.5) is 5.82 Å². The summed E-state index contributed by atoms with van der Waals surface area (Å²) in [4.78, 5) is 35.3. The molecule has 178 valence electrons. The number of anilines is 1. The van der Waals surface area contributed by atoms with Crippen molar-refractivity contribution in [3.05, 3.63) is 93.9 Å². The summed E-state index contributed by atoms with van der Waals surface area (Å²) in [6.45, 7) is 9.52. The molecule has 2 aromatic heterocycles. The van der Waals surface area contributed by atoms with Gasteiger partial charge in [0.1, 0.15) is 23.1 Å². The highest BCUT2D eigenvalue weighted by atomic mass is 16.1. The summed E-state index contributed by atoms with van der Waals surface area (Å²) in [6.07, 6.45) is 4.54. The van der Waals surface area contributed by atoms with Gasteiger partial charge in [0.25, 0.3) is 11.5 Å². The first kappa shape index (κ1) is 23.9. The van der Waals surface area contributed by atoms with Gasteiger partial charge in [-0.25, -0.2) is 4.98 Å². The molecule has 1 fully saturated rings. The van der Waals surface area contributed by atoms with Crippen LogP contribution in [0.3, 0.4) is 0 Å². The number of hydrogen-bond donors (Lipinski definition) is 1. The second-order valence-corrected chi connectivity index (χ2v) is 8.46. The lowest BCUT2D eigenvalue weighted by molar-refractivity contribution is -0.116. The van der Waals surface area contributed by atoms with Gasteiger partial charge in [0.15, 0.2) is 0 Å². The second kappa shape index (κ2) is 10.8. The Hall–Kier alpha value is -4.22. The number of nitrogens with zero attached hydrogens (tertiary/aromatic N) is 5. The molecule has 0 saturated carbocycles. The summed E-state index contributed by atoms with van der Waals surface area (Å²) < 4.78 is 1.47. The molecule has 0 aliphatic carbocycles. The highest BCUT2D eigenvalue weighted by molar-refractivity contribution is 6.02. The molecule has 3 heterocycles. The van der Waals surface area contributed by atoms with E-state index in [2.05, 4.69) is 33.8 Å². The normalized spacial score (nSPS) is 14.5. The molecule has 3 aromatic rings. The van der Waals surface area contributed by atoms with E-state index in [1.165, 1.54) is 22.1 Å². The number of hydrogen-bond acceptors (Lipinski definition) is 6. The molecule has 1 aromatic carbocycles. The molecule has 0 spiro atoms. The van der Waals surface area contributed by atoms with Crippen LogP contribution >= 0.6 is 0 Å². The molecule has 1 aliphatic heterocycles. The molecule has 1 amide bonds. The number of rotatable bonds is 7. The smallest absolute Gasteiger partial charge is 0.267 e. The molecule has 0 atom stereocenters. The molecule has 0 bridgehead atoms.